The van der Waals surface area contributed by atoms with Crippen LogP contribution in [0, 0.1) is 0 Å². The number of benzene rings is 1. The SMILES string of the molecule is CCOc1cc(CN2CCN3CCC[C@@H]3[C@H]2C)ccc1OC. The monoisotopic (exact) mass is 304 g/mol. The van der Waals surface area contributed by atoms with Crippen LogP contribution in [0.3, 0.4) is 0 Å². The Morgan fingerprint density at radius 2 is 2.05 bits per heavy atom. The summed E-state index contributed by atoms with van der Waals surface area (Å²) in [7, 11) is 1.69. The fraction of sp³-hybridized carbons (Fsp3) is 0.667. The van der Waals surface area contributed by atoms with Gasteiger partial charge in [0.2, 0.25) is 0 Å². The van der Waals surface area contributed by atoms with Crippen molar-refractivity contribution in [2.24, 2.45) is 0 Å². The van der Waals surface area contributed by atoms with Gasteiger partial charge in [0.05, 0.1) is 13.7 Å². The second kappa shape index (κ2) is 6.88. The second-order valence-corrected chi connectivity index (χ2v) is 6.37. The molecule has 4 heteroatoms. The molecular weight excluding hydrogens is 276 g/mol. The molecule has 0 bridgehead atoms. The Balaban J connectivity index is 1.71. The number of piperazine rings is 1. The normalized spacial score (nSPS) is 26.0. The highest BCUT2D eigenvalue weighted by Crippen LogP contribution is 2.31. The van der Waals surface area contributed by atoms with Gasteiger partial charge in [-0.3, -0.25) is 9.80 Å². The number of fused-ring (bicyclic) bond motifs is 1. The molecule has 0 unspecified atom stereocenters. The van der Waals surface area contributed by atoms with Crippen molar-refractivity contribution in [3.8, 4) is 11.5 Å². The molecule has 1 aromatic carbocycles. The standard InChI is InChI=1S/C18H28N2O2/c1-4-22-18-12-15(7-8-17(18)21-3)13-20-11-10-19-9-5-6-16(19)14(20)2/h7-8,12,14,16H,4-6,9-11,13H2,1-3H3/t14-,16-/m1/s1. The van der Waals surface area contributed by atoms with Crippen LogP contribution in [0.5, 0.6) is 11.5 Å². The molecule has 122 valence electrons. The Morgan fingerprint density at radius 3 is 2.82 bits per heavy atom. The maximum absolute atomic E-state index is 5.70. The van der Waals surface area contributed by atoms with E-state index < -0.39 is 0 Å². The van der Waals surface area contributed by atoms with E-state index in [1.807, 2.05) is 13.0 Å². The predicted octanol–water partition coefficient (Wildman–Crippen LogP) is 2.76. The third-order valence-electron chi connectivity index (χ3n) is 5.14. The van der Waals surface area contributed by atoms with Gasteiger partial charge >= 0.3 is 0 Å². The van der Waals surface area contributed by atoms with Gasteiger partial charge < -0.3 is 9.47 Å². The number of hydrogen-bond donors (Lipinski definition) is 0. The quantitative estimate of drug-likeness (QED) is 0.835. The lowest BCUT2D eigenvalue weighted by Crippen LogP contribution is -2.55. The zero-order valence-electron chi connectivity index (χ0n) is 14.0. The van der Waals surface area contributed by atoms with E-state index in [0.717, 1.165) is 30.6 Å². The minimum absolute atomic E-state index is 0.633. The van der Waals surface area contributed by atoms with Gasteiger partial charge in [-0.05, 0) is 50.9 Å². The van der Waals surface area contributed by atoms with Crippen LogP contribution >= 0.6 is 0 Å². The van der Waals surface area contributed by atoms with Crippen LogP contribution in [-0.2, 0) is 6.54 Å². The van der Waals surface area contributed by atoms with Crippen LogP contribution in [-0.4, -0.2) is 55.2 Å². The molecule has 22 heavy (non-hydrogen) atoms. The van der Waals surface area contributed by atoms with E-state index in [1.165, 1.54) is 31.5 Å². The molecular formula is C18H28N2O2. The van der Waals surface area contributed by atoms with E-state index >= 15 is 0 Å². The topological polar surface area (TPSA) is 24.9 Å². The van der Waals surface area contributed by atoms with Crippen molar-refractivity contribution in [3.63, 3.8) is 0 Å². The van der Waals surface area contributed by atoms with Gasteiger partial charge in [0, 0.05) is 31.7 Å². The summed E-state index contributed by atoms with van der Waals surface area (Å²) in [6.07, 6.45) is 2.71. The molecule has 0 spiro atoms. The maximum atomic E-state index is 5.70. The molecule has 2 saturated heterocycles. The van der Waals surface area contributed by atoms with Crippen molar-refractivity contribution in [1.29, 1.82) is 0 Å². The average molecular weight is 304 g/mol. The van der Waals surface area contributed by atoms with E-state index in [4.69, 9.17) is 9.47 Å². The molecule has 0 saturated carbocycles. The Bertz CT molecular complexity index is 506. The number of rotatable bonds is 5. The van der Waals surface area contributed by atoms with Crippen molar-refractivity contribution < 1.29 is 9.47 Å². The zero-order valence-corrected chi connectivity index (χ0v) is 14.0. The molecule has 1 aromatic rings. The summed E-state index contributed by atoms with van der Waals surface area (Å²) in [6, 6.07) is 7.70. The van der Waals surface area contributed by atoms with Crippen molar-refractivity contribution in [3.05, 3.63) is 23.8 Å². The fourth-order valence-electron chi connectivity index (χ4n) is 3.93. The van der Waals surface area contributed by atoms with Crippen molar-refractivity contribution in [2.75, 3.05) is 33.4 Å². The smallest absolute Gasteiger partial charge is 0.161 e. The first-order valence-electron chi connectivity index (χ1n) is 8.50. The molecule has 2 heterocycles. The molecule has 4 nitrogen and oxygen atoms in total. The van der Waals surface area contributed by atoms with E-state index in [1.54, 1.807) is 7.11 Å². The van der Waals surface area contributed by atoms with Gasteiger partial charge in [0.15, 0.2) is 11.5 Å². The highest BCUT2D eigenvalue weighted by molar-refractivity contribution is 5.43. The third kappa shape index (κ3) is 3.08. The van der Waals surface area contributed by atoms with Crippen LogP contribution in [0.15, 0.2) is 18.2 Å². The first-order chi connectivity index (χ1) is 10.7. The van der Waals surface area contributed by atoms with Crippen LogP contribution in [0.2, 0.25) is 0 Å². The van der Waals surface area contributed by atoms with E-state index in [-0.39, 0.29) is 0 Å². The minimum atomic E-state index is 0.633. The zero-order chi connectivity index (χ0) is 15.5. The molecule has 2 atom stereocenters. The number of nitrogens with zero attached hydrogens (tertiary/aromatic N) is 2. The van der Waals surface area contributed by atoms with Crippen LogP contribution in [0.25, 0.3) is 0 Å². The summed E-state index contributed by atoms with van der Waals surface area (Å²) in [5, 5.41) is 0. The first kappa shape index (κ1) is 15.6. The lowest BCUT2D eigenvalue weighted by molar-refractivity contribution is 0.0470. The lowest BCUT2D eigenvalue weighted by Gasteiger charge is -2.43. The van der Waals surface area contributed by atoms with Crippen LogP contribution in [0.4, 0.5) is 0 Å². The van der Waals surface area contributed by atoms with Gasteiger partial charge in [0.1, 0.15) is 0 Å². The second-order valence-electron chi connectivity index (χ2n) is 6.37. The molecule has 0 aliphatic carbocycles. The van der Waals surface area contributed by atoms with E-state index in [2.05, 4.69) is 28.9 Å². The lowest BCUT2D eigenvalue weighted by atomic mass is 10.0. The van der Waals surface area contributed by atoms with Gasteiger partial charge in [0.25, 0.3) is 0 Å². The Morgan fingerprint density at radius 1 is 1.18 bits per heavy atom. The minimum Gasteiger partial charge on any atom is -0.493 e. The van der Waals surface area contributed by atoms with Crippen molar-refractivity contribution in [2.45, 2.75) is 45.3 Å². The van der Waals surface area contributed by atoms with Crippen LogP contribution < -0.4 is 9.47 Å². The van der Waals surface area contributed by atoms with Crippen molar-refractivity contribution in [1.82, 2.24) is 9.80 Å². The fourth-order valence-corrected chi connectivity index (χ4v) is 3.93. The summed E-state index contributed by atoms with van der Waals surface area (Å²) < 4.78 is 11.1. The van der Waals surface area contributed by atoms with Crippen molar-refractivity contribution >= 4 is 0 Å². The van der Waals surface area contributed by atoms with Gasteiger partial charge in [-0.2, -0.15) is 0 Å². The van der Waals surface area contributed by atoms with Crippen LogP contribution in [0.1, 0.15) is 32.3 Å². The predicted molar refractivity (Wildman–Crippen MR) is 88.6 cm³/mol. The number of ether oxygens (including phenoxy) is 2. The first-order valence-corrected chi connectivity index (χ1v) is 8.50. The molecule has 0 amide bonds. The number of hydrogen-bond acceptors (Lipinski definition) is 4. The Labute approximate surface area is 134 Å². The molecule has 0 aromatic heterocycles. The maximum Gasteiger partial charge on any atom is 0.161 e. The Hall–Kier alpha value is -1.26. The highest BCUT2D eigenvalue weighted by Gasteiger charge is 2.36. The third-order valence-corrected chi connectivity index (χ3v) is 5.14. The van der Waals surface area contributed by atoms with Gasteiger partial charge in [-0.1, -0.05) is 6.07 Å². The highest BCUT2D eigenvalue weighted by atomic mass is 16.5. The Kier molecular flexibility index (Phi) is 4.89. The summed E-state index contributed by atoms with van der Waals surface area (Å²) >= 11 is 0. The largest absolute Gasteiger partial charge is 0.493 e. The molecule has 2 aliphatic rings. The average Bonchev–Trinajstić information content (AvgIpc) is 3.00. The summed E-state index contributed by atoms with van der Waals surface area (Å²) in [6.45, 7) is 9.71. The summed E-state index contributed by atoms with van der Waals surface area (Å²) in [4.78, 5) is 5.28. The molecule has 0 radical (unpaired) electrons. The molecule has 2 fully saturated rings. The van der Waals surface area contributed by atoms with E-state index in [9.17, 15) is 0 Å². The molecule has 3 rings (SSSR count). The molecule has 2 aliphatic heterocycles. The van der Waals surface area contributed by atoms with Gasteiger partial charge in [-0.15, -0.1) is 0 Å². The number of methoxy groups -OCH3 is 1. The van der Waals surface area contributed by atoms with E-state index in [0.29, 0.717) is 12.6 Å². The molecule has 0 N–H and O–H groups in total. The van der Waals surface area contributed by atoms with Gasteiger partial charge in [-0.25, -0.2) is 0 Å². The summed E-state index contributed by atoms with van der Waals surface area (Å²) in [5.74, 6) is 1.67. The summed E-state index contributed by atoms with van der Waals surface area (Å²) in [5.41, 5.74) is 1.31.